The lowest BCUT2D eigenvalue weighted by Crippen LogP contribution is -2.35. The number of fused-ring (bicyclic) bond motifs is 6. The summed E-state index contributed by atoms with van der Waals surface area (Å²) in [6.07, 6.45) is 6.96. The molecule has 1 unspecified atom stereocenters. The van der Waals surface area contributed by atoms with E-state index in [2.05, 4.69) is 84.0 Å². The van der Waals surface area contributed by atoms with Gasteiger partial charge in [0.2, 0.25) is 0 Å². The van der Waals surface area contributed by atoms with Crippen LogP contribution >= 0.6 is 0 Å². The summed E-state index contributed by atoms with van der Waals surface area (Å²) in [6, 6.07) is 39.6. The van der Waals surface area contributed by atoms with Gasteiger partial charge >= 0.3 is 5.97 Å². The Hall–Kier alpha value is -5.03. The number of para-hydroxylation sites is 1. The Morgan fingerprint density at radius 3 is 2.27 bits per heavy atom. The molecule has 5 nitrogen and oxygen atoms in total. The summed E-state index contributed by atoms with van der Waals surface area (Å²) in [5.74, 6) is 1.11. The molecule has 8 rings (SSSR count). The molecule has 0 aromatic heterocycles. The van der Waals surface area contributed by atoms with Crippen molar-refractivity contribution in [3.05, 3.63) is 149 Å². The van der Waals surface area contributed by atoms with E-state index in [4.69, 9.17) is 9.47 Å². The van der Waals surface area contributed by atoms with Gasteiger partial charge in [0.1, 0.15) is 11.5 Å². The van der Waals surface area contributed by atoms with Crippen molar-refractivity contribution in [1.29, 1.82) is 0 Å². The first-order valence-electron chi connectivity index (χ1n) is 16.0. The highest BCUT2D eigenvalue weighted by Gasteiger charge is 2.53. The van der Waals surface area contributed by atoms with Gasteiger partial charge < -0.3 is 19.7 Å². The summed E-state index contributed by atoms with van der Waals surface area (Å²) in [5.41, 5.74) is 7.31. The fourth-order valence-corrected chi connectivity index (χ4v) is 7.40. The summed E-state index contributed by atoms with van der Waals surface area (Å²) in [5, 5.41) is 3.67. The maximum Gasteiger partial charge on any atom is 0.340 e. The predicted molar refractivity (Wildman–Crippen MR) is 179 cm³/mol. The van der Waals surface area contributed by atoms with Crippen molar-refractivity contribution >= 4 is 23.0 Å². The Kier molecular flexibility index (Phi) is 6.82. The number of hydrogen-bond acceptors (Lipinski definition) is 5. The molecule has 1 fully saturated rings. The van der Waals surface area contributed by atoms with Crippen LogP contribution in [0.4, 0.5) is 17.1 Å². The minimum Gasteiger partial charge on any atom is -0.456 e. The van der Waals surface area contributed by atoms with Gasteiger partial charge in [-0.25, -0.2) is 4.79 Å². The summed E-state index contributed by atoms with van der Waals surface area (Å²) >= 11 is 0. The number of nitrogens with zero attached hydrogens (tertiary/aromatic N) is 1. The van der Waals surface area contributed by atoms with Gasteiger partial charge in [-0.1, -0.05) is 86.0 Å². The average Bonchev–Trinajstić information content (AvgIpc) is 3.38. The molecule has 2 aliphatic heterocycles. The highest BCUT2D eigenvalue weighted by molar-refractivity contribution is 5.97. The highest BCUT2D eigenvalue weighted by atomic mass is 16.6. The molecule has 3 aliphatic rings. The van der Waals surface area contributed by atoms with Crippen LogP contribution < -0.4 is 15.0 Å². The van der Waals surface area contributed by atoms with Gasteiger partial charge in [-0.2, -0.15) is 0 Å². The number of benzene rings is 5. The van der Waals surface area contributed by atoms with Crippen LogP contribution in [0.5, 0.6) is 11.5 Å². The van der Waals surface area contributed by atoms with Gasteiger partial charge in [-0.05, 0) is 72.9 Å². The number of carbonyl (C=O) groups is 1. The van der Waals surface area contributed by atoms with Crippen molar-refractivity contribution in [2.45, 2.75) is 50.2 Å². The predicted octanol–water partition coefficient (Wildman–Crippen LogP) is 9.36. The minimum absolute atomic E-state index is 0.321. The zero-order chi connectivity index (χ0) is 30.4. The molecule has 1 saturated carbocycles. The fraction of sp³-hybridized carbons (Fsp3) is 0.225. The topological polar surface area (TPSA) is 50.8 Å². The van der Waals surface area contributed by atoms with Crippen molar-refractivity contribution in [3.8, 4) is 11.5 Å². The lowest BCUT2D eigenvalue weighted by Gasteiger charge is -2.38. The van der Waals surface area contributed by atoms with Crippen molar-refractivity contribution in [1.82, 2.24) is 0 Å². The standard InChI is InChI=1S/C40H36N2O3/c1-42(30-17-9-4-10-18-30)31-21-22-34-38(25-31)44-37-24-28(23-27-13-5-2-6-14-27)36(41-29-15-7-3-8-16-29)26-35(37)40(34)33-20-12-11-19-32(33)39(43)45-40/h2-3,5-8,11-16,19-22,24-26,30,41H,4,9-10,17-18,23H2,1H3. The maximum absolute atomic E-state index is 13.5. The molecule has 5 heteroatoms. The molecule has 1 aliphatic carbocycles. The van der Waals surface area contributed by atoms with Gasteiger partial charge in [-0.3, -0.25) is 0 Å². The van der Waals surface area contributed by atoms with E-state index < -0.39 is 5.60 Å². The van der Waals surface area contributed by atoms with E-state index in [1.807, 2.05) is 48.5 Å². The van der Waals surface area contributed by atoms with Crippen molar-refractivity contribution in [2.75, 3.05) is 17.3 Å². The first-order chi connectivity index (χ1) is 22.1. The summed E-state index contributed by atoms with van der Waals surface area (Å²) in [7, 11) is 2.19. The monoisotopic (exact) mass is 592 g/mol. The third kappa shape index (κ3) is 4.74. The van der Waals surface area contributed by atoms with E-state index in [-0.39, 0.29) is 5.97 Å². The van der Waals surface area contributed by atoms with E-state index >= 15 is 0 Å². The molecule has 0 amide bonds. The number of rotatable bonds is 6. The average molecular weight is 593 g/mol. The molecule has 1 atom stereocenters. The fourth-order valence-electron chi connectivity index (χ4n) is 7.40. The van der Waals surface area contributed by atoms with Gasteiger partial charge in [0.05, 0.1) is 5.56 Å². The molecule has 1 N–H and O–H groups in total. The molecule has 0 radical (unpaired) electrons. The van der Waals surface area contributed by atoms with Crippen LogP contribution in [0.25, 0.3) is 0 Å². The molecule has 0 bridgehead atoms. The Bertz CT molecular complexity index is 1880. The third-order valence-electron chi connectivity index (χ3n) is 9.74. The first kappa shape index (κ1) is 27.5. The molecular formula is C40H36N2O3. The zero-order valence-electron chi connectivity index (χ0n) is 25.5. The second kappa shape index (κ2) is 11.2. The van der Waals surface area contributed by atoms with Crippen LogP contribution in [0.1, 0.15) is 70.3 Å². The number of carbonyl (C=O) groups excluding carboxylic acids is 1. The number of nitrogens with one attached hydrogen (secondary N) is 1. The summed E-state index contributed by atoms with van der Waals surface area (Å²) in [6.45, 7) is 0. The number of hydrogen-bond donors (Lipinski definition) is 1. The van der Waals surface area contributed by atoms with Crippen LogP contribution in [-0.4, -0.2) is 19.1 Å². The van der Waals surface area contributed by atoms with Crippen molar-refractivity contribution in [3.63, 3.8) is 0 Å². The minimum atomic E-state index is -1.13. The molecule has 5 aromatic rings. The molecule has 45 heavy (non-hydrogen) atoms. The quantitative estimate of drug-likeness (QED) is 0.199. The Morgan fingerprint density at radius 1 is 0.756 bits per heavy atom. The van der Waals surface area contributed by atoms with Gasteiger partial charge in [0.15, 0.2) is 5.60 Å². The van der Waals surface area contributed by atoms with Crippen LogP contribution in [0.15, 0.2) is 115 Å². The van der Waals surface area contributed by atoms with Gasteiger partial charge in [0, 0.05) is 52.9 Å². The van der Waals surface area contributed by atoms with Crippen LogP contribution in [0.2, 0.25) is 0 Å². The van der Waals surface area contributed by atoms with E-state index in [0.717, 1.165) is 45.1 Å². The highest BCUT2D eigenvalue weighted by Crippen LogP contribution is 2.57. The second-order valence-corrected chi connectivity index (χ2v) is 12.5. The lowest BCUT2D eigenvalue weighted by atomic mass is 9.77. The van der Waals surface area contributed by atoms with Gasteiger partial charge in [0.25, 0.3) is 0 Å². The normalized spacial score (nSPS) is 18.4. The van der Waals surface area contributed by atoms with Crippen molar-refractivity contribution < 1.29 is 14.3 Å². The van der Waals surface area contributed by atoms with E-state index in [1.165, 1.54) is 37.7 Å². The van der Waals surface area contributed by atoms with E-state index in [9.17, 15) is 4.79 Å². The lowest BCUT2D eigenvalue weighted by molar-refractivity contribution is 0.0224. The molecular weight excluding hydrogens is 556 g/mol. The van der Waals surface area contributed by atoms with Crippen LogP contribution in [0, 0.1) is 0 Å². The summed E-state index contributed by atoms with van der Waals surface area (Å²) < 4.78 is 13.4. The number of esters is 1. The SMILES string of the molecule is CN(c1ccc2c(c1)Oc1cc(Cc3ccccc3)c(Nc3ccccc3)cc1C21OC(=O)c2ccccc21)C1CCCCC1. The Labute approximate surface area is 264 Å². The van der Waals surface area contributed by atoms with Crippen LogP contribution in [-0.2, 0) is 16.8 Å². The maximum atomic E-state index is 13.5. The Morgan fingerprint density at radius 2 is 1.47 bits per heavy atom. The molecule has 224 valence electrons. The number of ether oxygens (including phenoxy) is 2. The van der Waals surface area contributed by atoms with Crippen LogP contribution in [0.3, 0.4) is 0 Å². The molecule has 1 spiro atoms. The largest absolute Gasteiger partial charge is 0.456 e. The second-order valence-electron chi connectivity index (χ2n) is 12.5. The summed E-state index contributed by atoms with van der Waals surface area (Å²) in [4.78, 5) is 15.9. The molecule has 5 aromatic carbocycles. The Balaban J connectivity index is 1.31. The van der Waals surface area contributed by atoms with Gasteiger partial charge in [-0.15, -0.1) is 0 Å². The smallest absolute Gasteiger partial charge is 0.340 e. The zero-order valence-corrected chi connectivity index (χ0v) is 25.5. The molecule has 2 heterocycles. The van der Waals surface area contributed by atoms with Crippen molar-refractivity contribution in [2.24, 2.45) is 0 Å². The van der Waals surface area contributed by atoms with E-state index in [0.29, 0.717) is 23.8 Å². The first-order valence-corrected chi connectivity index (χ1v) is 16.0. The van der Waals surface area contributed by atoms with E-state index in [1.54, 1.807) is 0 Å². The molecule has 0 saturated heterocycles. The number of anilines is 3. The third-order valence-corrected chi connectivity index (χ3v) is 9.74.